The molecule has 12 aromatic rings. The highest BCUT2D eigenvalue weighted by Crippen LogP contribution is 2.45. The van der Waals surface area contributed by atoms with Crippen molar-refractivity contribution < 1.29 is 4.42 Å². The highest BCUT2D eigenvalue weighted by molar-refractivity contribution is 6.23. The van der Waals surface area contributed by atoms with Crippen molar-refractivity contribution in [3.63, 3.8) is 0 Å². The average Bonchev–Trinajstić information content (AvgIpc) is 3.94. The Hall–Kier alpha value is -8.61. The van der Waals surface area contributed by atoms with E-state index in [0.717, 1.165) is 89.7 Å². The minimum atomic E-state index is 0.607. The monoisotopic (exact) mass is 819 g/mol. The van der Waals surface area contributed by atoms with Gasteiger partial charge in [-0.3, -0.25) is 0 Å². The van der Waals surface area contributed by atoms with Gasteiger partial charge in [0.2, 0.25) is 0 Å². The maximum absolute atomic E-state index is 6.96. The van der Waals surface area contributed by atoms with Gasteiger partial charge in [-0.25, -0.2) is 15.0 Å². The molecule has 0 atom stereocenters. The molecule has 6 nitrogen and oxygen atoms in total. The molecule has 8 aromatic carbocycles. The van der Waals surface area contributed by atoms with E-state index in [1.54, 1.807) is 0 Å². The molecule has 13 rings (SSSR count). The van der Waals surface area contributed by atoms with Gasteiger partial charge >= 0.3 is 0 Å². The zero-order valence-electron chi connectivity index (χ0n) is 34.6. The van der Waals surface area contributed by atoms with Crippen LogP contribution in [0.2, 0.25) is 0 Å². The molecule has 0 fully saturated rings. The number of hydrogen-bond donors (Lipinski definition) is 0. The van der Waals surface area contributed by atoms with Crippen LogP contribution >= 0.6 is 0 Å². The van der Waals surface area contributed by atoms with Gasteiger partial charge in [0.1, 0.15) is 5.76 Å². The third-order valence-electron chi connectivity index (χ3n) is 12.6. The van der Waals surface area contributed by atoms with Gasteiger partial charge in [0.15, 0.2) is 23.1 Å². The van der Waals surface area contributed by atoms with Crippen molar-refractivity contribution >= 4 is 60.7 Å². The smallest absolute Gasteiger partial charge is 0.164 e. The Balaban J connectivity index is 1.04. The summed E-state index contributed by atoms with van der Waals surface area (Å²) in [6.07, 6.45) is 9.15. The molecule has 0 saturated carbocycles. The lowest BCUT2D eigenvalue weighted by Gasteiger charge is -2.12. The lowest BCUT2D eigenvalue weighted by atomic mass is 9.99. The van der Waals surface area contributed by atoms with Gasteiger partial charge in [-0.2, -0.15) is 0 Å². The fourth-order valence-corrected chi connectivity index (χ4v) is 9.70. The quantitative estimate of drug-likeness (QED) is 0.168. The van der Waals surface area contributed by atoms with Crippen LogP contribution in [-0.2, 0) is 6.42 Å². The summed E-state index contributed by atoms with van der Waals surface area (Å²) in [7, 11) is 0. The van der Waals surface area contributed by atoms with Crippen molar-refractivity contribution in [1.82, 2.24) is 24.1 Å². The highest BCUT2D eigenvalue weighted by Gasteiger charge is 2.26. The first kappa shape index (κ1) is 36.1. The third kappa shape index (κ3) is 5.70. The van der Waals surface area contributed by atoms with Crippen LogP contribution in [0.4, 0.5) is 0 Å². The molecule has 1 aliphatic rings. The summed E-state index contributed by atoms with van der Waals surface area (Å²) in [5.74, 6) is 2.71. The number of para-hydroxylation sites is 3. The lowest BCUT2D eigenvalue weighted by Crippen LogP contribution is -2.01. The van der Waals surface area contributed by atoms with Crippen molar-refractivity contribution in [2.75, 3.05) is 0 Å². The van der Waals surface area contributed by atoms with Crippen molar-refractivity contribution in [3.8, 4) is 56.7 Å². The molecule has 0 bridgehead atoms. The van der Waals surface area contributed by atoms with Crippen molar-refractivity contribution in [3.05, 3.63) is 218 Å². The molecule has 4 heterocycles. The van der Waals surface area contributed by atoms with Gasteiger partial charge in [0.05, 0.1) is 22.1 Å². The Bertz CT molecular complexity index is 3780. The summed E-state index contributed by atoms with van der Waals surface area (Å²) in [5, 5.41) is 5.63. The van der Waals surface area contributed by atoms with Crippen LogP contribution in [0.3, 0.4) is 0 Å². The summed E-state index contributed by atoms with van der Waals surface area (Å²) < 4.78 is 11.7. The van der Waals surface area contributed by atoms with Crippen molar-refractivity contribution in [2.24, 2.45) is 0 Å². The zero-order chi connectivity index (χ0) is 42.1. The fraction of sp³-hybridized carbons (Fsp3) is 0.0172. The second-order valence-corrected chi connectivity index (χ2v) is 16.3. The molecular weight excluding hydrogens is 783 g/mol. The largest absolute Gasteiger partial charge is 0.454 e. The number of allylic oxidation sites excluding steroid dienone is 3. The molecule has 4 aromatic heterocycles. The van der Waals surface area contributed by atoms with E-state index in [1.165, 1.54) is 21.8 Å². The minimum absolute atomic E-state index is 0.607. The van der Waals surface area contributed by atoms with E-state index in [1.807, 2.05) is 36.4 Å². The van der Waals surface area contributed by atoms with Gasteiger partial charge in [0.25, 0.3) is 0 Å². The normalized spacial score (nSPS) is 12.5. The Labute approximate surface area is 368 Å². The highest BCUT2D eigenvalue weighted by atomic mass is 16.3. The van der Waals surface area contributed by atoms with Crippen LogP contribution in [0.5, 0.6) is 0 Å². The Morgan fingerprint density at radius 1 is 0.422 bits per heavy atom. The first-order chi connectivity index (χ1) is 31.7. The summed E-state index contributed by atoms with van der Waals surface area (Å²) in [6, 6.07) is 66.3. The molecule has 0 saturated heterocycles. The molecule has 1 aliphatic carbocycles. The number of fused-ring (bicyclic) bond motifs is 10. The lowest BCUT2D eigenvalue weighted by molar-refractivity contribution is 0.602. The topological polar surface area (TPSA) is 61.7 Å². The van der Waals surface area contributed by atoms with Crippen LogP contribution in [0.1, 0.15) is 11.3 Å². The number of benzene rings is 8. The predicted octanol–water partition coefficient (Wildman–Crippen LogP) is 14.6. The Morgan fingerprint density at radius 3 is 1.72 bits per heavy atom. The summed E-state index contributed by atoms with van der Waals surface area (Å²) in [6.45, 7) is 0. The molecular formula is C58H37N5O. The van der Waals surface area contributed by atoms with Crippen molar-refractivity contribution in [2.45, 2.75) is 6.42 Å². The minimum Gasteiger partial charge on any atom is -0.454 e. The fourth-order valence-electron chi connectivity index (χ4n) is 9.70. The van der Waals surface area contributed by atoms with E-state index in [4.69, 9.17) is 19.4 Å². The zero-order valence-corrected chi connectivity index (χ0v) is 34.6. The van der Waals surface area contributed by atoms with E-state index < -0.39 is 0 Å². The number of nitrogens with zero attached hydrogens (tertiary/aromatic N) is 5. The summed E-state index contributed by atoms with van der Waals surface area (Å²) in [4.78, 5) is 15.6. The molecule has 300 valence electrons. The maximum atomic E-state index is 6.96. The molecule has 0 spiro atoms. The van der Waals surface area contributed by atoms with Gasteiger partial charge < -0.3 is 13.6 Å². The predicted molar refractivity (Wildman–Crippen MR) is 262 cm³/mol. The molecule has 64 heavy (non-hydrogen) atoms. The molecule has 0 unspecified atom stereocenters. The standard InChI is InChI=1S/C58H37N5O/c1-5-17-38(18-6-1)56-59-57(39-19-7-2-8-20-39)61-58(60-56)48-36-47-45-24-11-4-12-28-52(45)64-55(47)54-53(48)46-25-14-16-27-50(46)63(54)42-32-29-37(30-33-42)40-31-34-44-43-23-13-15-26-49(43)62(51(44)35-40)41-21-9-3-10-22-41/h1-23,25-36H,24H2. The van der Waals surface area contributed by atoms with Gasteiger partial charge in [-0.15, -0.1) is 0 Å². The number of hydrogen-bond acceptors (Lipinski definition) is 4. The van der Waals surface area contributed by atoms with Gasteiger partial charge in [-0.05, 0) is 72.2 Å². The third-order valence-corrected chi connectivity index (χ3v) is 12.6. The molecule has 0 aliphatic heterocycles. The first-order valence-electron chi connectivity index (χ1n) is 21.7. The van der Waals surface area contributed by atoms with E-state index in [0.29, 0.717) is 17.5 Å². The van der Waals surface area contributed by atoms with Crippen LogP contribution in [0.25, 0.3) is 117 Å². The number of rotatable bonds is 6. The van der Waals surface area contributed by atoms with E-state index in [9.17, 15) is 0 Å². The first-order valence-corrected chi connectivity index (χ1v) is 21.7. The number of aromatic nitrogens is 5. The molecule has 0 N–H and O–H groups in total. The molecule has 0 amide bonds. The molecule has 6 heteroatoms. The van der Waals surface area contributed by atoms with E-state index in [2.05, 4.69) is 185 Å². The SMILES string of the molecule is C1=CCc2c(oc3c2cc(-c2nc(-c4ccccc4)nc(-c4ccccc4)n2)c2c4ccccc4n(-c4ccc(-c5ccc6c7ccccc7n(-c7ccccc7)c6c5)cc4)c32)C=C1. The Morgan fingerprint density at radius 2 is 1.00 bits per heavy atom. The van der Waals surface area contributed by atoms with E-state index >= 15 is 0 Å². The van der Waals surface area contributed by atoms with Gasteiger partial charge in [0, 0.05) is 60.6 Å². The second-order valence-electron chi connectivity index (χ2n) is 16.3. The Kier molecular flexibility index (Phi) is 8.18. The van der Waals surface area contributed by atoms with Crippen molar-refractivity contribution in [1.29, 1.82) is 0 Å². The van der Waals surface area contributed by atoms with Crippen LogP contribution in [0.15, 0.2) is 211 Å². The summed E-state index contributed by atoms with van der Waals surface area (Å²) >= 11 is 0. The van der Waals surface area contributed by atoms with Crippen LogP contribution < -0.4 is 0 Å². The van der Waals surface area contributed by atoms with Crippen LogP contribution in [0, 0.1) is 0 Å². The van der Waals surface area contributed by atoms with E-state index in [-0.39, 0.29) is 0 Å². The molecule has 0 radical (unpaired) electrons. The second kappa shape index (κ2) is 14.5. The number of furan rings is 1. The average molecular weight is 820 g/mol. The maximum Gasteiger partial charge on any atom is 0.164 e. The summed E-state index contributed by atoms with van der Waals surface area (Å²) in [5.41, 5.74) is 13.6. The van der Waals surface area contributed by atoms with Crippen LogP contribution in [-0.4, -0.2) is 24.1 Å². The van der Waals surface area contributed by atoms with Gasteiger partial charge in [-0.1, -0.05) is 158 Å².